The number of aliphatic carboxylic acids is 1. The lowest BCUT2D eigenvalue weighted by Gasteiger charge is -2.32. The normalized spacial score (nSPS) is 17.8. The Morgan fingerprint density at radius 1 is 1.25 bits per heavy atom. The molecule has 0 bridgehead atoms. The second-order valence-corrected chi connectivity index (χ2v) is 5.70. The van der Waals surface area contributed by atoms with Gasteiger partial charge in [-0.25, -0.2) is 9.48 Å². The molecule has 1 aromatic heterocycles. The molecule has 0 spiro atoms. The van der Waals surface area contributed by atoms with Gasteiger partial charge < -0.3 is 14.7 Å². The van der Waals surface area contributed by atoms with Crippen LogP contribution in [0.3, 0.4) is 0 Å². The lowest BCUT2D eigenvalue weighted by molar-refractivity contribution is -0.147. The van der Waals surface area contributed by atoms with Crippen LogP contribution in [0.5, 0.6) is 0 Å². The summed E-state index contributed by atoms with van der Waals surface area (Å²) in [6.07, 6.45) is 0. The number of hydrogen-bond acceptors (Lipinski definition) is 5. The minimum absolute atomic E-state index is 0.0216. The summed E-state index contributed by atoms with van der Waals surface area (Å²) in [4.78, 5) is 25.3. The van der Waals surface area contributed by atoms with Gasteiger partial charge in [0.15, 0.2) is 11.7 Å². The van der Waals surface area contributed by atoms with E-state index in [9.17, 15) is 14.7 Å². The number of nitrogens with zero attached hydrogens (tertiary/aromatic N) is 4. The third-order valence-electron chi connectivity index (χ3n) is 4.05. The van der Waals surface area contributed by atoms with Crippen molar-refractivity contribution in [3.8, 4) is 5.69 Å². The summed E-state index contributed by atoms with van der Waals surface area (Å²) < 4.78 is 6.73. The SMILES string of the molecule is Cc1ccc(-n2nnc(C(=O)N3CCOCC3C(=O)O)c2C)cc1. The number of benzene rings is 1. The van der Waals surface area contributed by atoms with Crippen molar-refractivity contribution in [2.24, 2.45) is 0 Å². The molecular weight excluding hydrogens is 312 g/mol. The number of morpholine rings is 1. The van der Waals surface area contributed by atoms with Crippen LogP contribution in [-0.4, -0.2) is 62.7 Å². The number of ether oxygens (including phenoxy) is 1. The number of hydrogen-bond donors (Lipinski definition) is 1. The van der Waals surface area contributed by atoms with E-state index in [1.54, 1.807) is 11.6 Å². The van der Waals surface area contributed by atoms with E-state index in [1.165, 1.54) is 4.90 Å². The van der Waals surface area contributed by atoms with Gasteiger partial charge in [0.05, 0.1) is 24.6 Å². The lowest BCUT2D eigenvalue weighted by atomic mass is 10.2. The fourth-order valence-corrected chi connectivity index (χ4v) is 2.65. The molecule has 1 aliphatic rings. The Morgan fingerprint density at radius 2 is 1.96 bits per heavy atom. The molecule has 24 heavy (non-hydrogen) atoms. The van der Waals surface area contributed by atoms with E-state index in [1.807, 2.05) is 31.2 Å². The van der Waals surface area contributed by atoms with Crippen molar-refractivity contribution in [2.75, 3.05) is 19.8 Å². The molecule has 1 unspecified atom stereocenters. The first-order chi connectivity index (χ1) is 11.5. The zero-order chi connectivity index (χ0) is 17.3. The largest absolute Gasteiger partial charge is 0.480 e. The first-order valence-corrected chi connectivity index (χ1v) is 7.60. The molecule has 1 aliphatic heterocycles. The molecule has 1 N–H and O–H groups in total. The minimum Gasteiger partial charge on any atom is -0.480 e. The van der Waals surface area contributed by atoms with Gasteiger partial charge in [0, 0.05) is 6.54 Å². The molecule has 0 saturated carbocycles. The zero-order valence-electron chi connectivity index (χ0n) is 13.5. The number of carbonyl (C=O) groups is 2. The molecule has 1 amide bonds. The van der Waals surface area contributed by atoms with E-state index < -0.39 is 17.9 Å². The Balaban J connectivity index is 1.91. The van der Waals surface area contributed by atoms with Gasteiger partial charge >= 0.3 is 5.97 Å². The first-order valence-electron chi connectivity index (χ1n) is 7.60. The molecule has 126 valence electrons. The first kappa shape index (κ1) is 16.1. The third kappa shape index (κ3) is 2.88. The minimum atomic E-state index is -1.09. The third-order valence-corrected chi connectivity index (χ3v) is 4.05. The van der Waals surface area contributed by atoms with Crippen LogP contribution in [0.2, 0.25) is 0 Å². The average Bonchev–Trinajstić information content (AvgIpc) is 2.96. The number of aryl methyl sites for hydroxylation is 1. The van der Waals surface area contributed by atoms with Gasteiger partial charge in [-0.1, -0.05) is 22.9 Å². The number of carboxylic acid groups (broad SMARTS) is 1. The van der Waals surface area contributed by atoms with Crippen LogP contribution in [0.4, 0.5) is 0 Å². The number of carbonyl (C=O) groups excluding carboxylic acids is 1. The highest BCUT2D eigenvalue weighted by Crippen LogP contribution is 2.17. The van der Waals surface area contributed by atoms with Gasteiger partial charge in [-0.3, -0.25) is 4.79 Å². The average molecular weight is 330 g/mol. The summed E-state index contributed by atoms with van der Waals surface area (Å²) in [5, 5.41) is 17.3. The van der Waals surface area contributed by atoms with Crippen LogP contribution in [0.15, 0.2) is 24.3 Å². The van der Waals surface area contributed by atoms with Crippen LogP contribution >= 0.6 is 0 Å². The fourth-order valence-electron chi connectivity index (χ4n) is 2.65. The number of aromatic nitrogens is 3. The van der Waals surface area contributed by atoms with E-state index in [-0.39, 0.29) is 18.8 Å². The molecule has 1 fully saturated rings. The van der Waals surface area contributed by atoms with Crippen molar-refractivity contribution in [1.82, 2.24) is 19.9 Å². The molecule has 2 heterocycles. The van der Waals surface area contributed by atoms with Gasteiger partial charge in [-0.15, -0.1) is 5.10 Å². The van der Waals surface area contributed by atoms with E-state index in [0.717, 1.165) is 11.3 Å². The molecule has 3 rings (SSSR count). The second kappa shape index (κ2) is 6.40. The van der Waals surface area contributed by atoms with Gasteiger partial charge in [-0.05, 0) is 26.0 Å². The van der Waals surface area contributed by atoms with Gasteiger partial charge in [0.1, 0.15) is 0 Å². The molecule has 1 atom stereocenters. The molecular formula is C16H18N4O4. The maximum Gasteiger partial charge on any atom is 0.328 e. The van der Waals surface area contributed by atoms with Crippen molar-refractivity contribution in [1.29, 1.82) is 0 Å². The van der Waals surface area contributed by atoms with Crippen molar-refractivity contribution < 1.29 is 19.4 Å². The number of rotatable bonds is 3. The van der Waals surface area contributed by atoms with Crippen LogP contribution in [0, 0.1) is 13.8 Å². The fraction of sp³-hybridized carbons (Fsp3) is 0.375. The molecule has 0 radical (unpaired) electrons. The van der Waals surface area contributed by atoms with Gasteiger partial charge in [-0.2, -0.15) is 0 Å². The van der Waals surface area contributed by atoms with Gasteiger partial charge in [0.25, 0.3) is 5.91 Å². The molecule has 8 heteroatoms. The molecule has 8 nitrogen and oxygen atoms in total. The highest BCUT2D eigenvalue weighted by Gasteiger charge is 2.35. The van der Waals surface area contributed by atoms with E-state index in [2.05, 4.69) is 10.3 Å². The van der Waals surface area contributed by atoms with Crippen LogP contribution < -0.4 is 0 Å². The number of amides is 1. The maximum absolute atomic E-state index is 12.7. The quantitative estimate of drug-likeness (QED) is 0.894. The smallest absolute Gasteiger partial charge is 0.328 e. The van der Waals surface area contributed by atoms with E-state index >= 15 is 0 Å². The van der Waals surface area contributed by atoms with Crippen LogP contribution in [-0.2, 0) is 9.53 Å². The summed E-state index contributed by atoms with van der Waals surface area (Å²) in [5.74, 6) is -1.53. The van der Waals surface area contributed by atoms with E-state index in [0.29, 0.717) is 12.3 Å². The molecule has 1 saturated heterocycles. The summed E-state index contributed by atoms with van der Waals surface area (Å²) in [6.45, 7) is 4.22. The van der Waals surface area contributed by atoms with E-state index in [4.69, 9.17) is 4.74 Å². The Hall–Kier alpha value is -2.74. The second-order valence-electron chi connectivity index (χ2n) is 5.70. The molecule has 1 aromatic carbocycles. The topological polar surface area (TPSA) is 97.5 Å². The zero-order valence-corrected chi connectivity index (χ0v) is 13.5. The Morgan fingerprint density at radius 3 is 2.62 bits per heavy atom. The highest BCUT2D eigenvalue weighted by molar-refractivity contribution is 5.96. The predicted molar refractivity (Wildman–Crippen MR) is 84.1 cm³/mol. The van der Waals surface area contributed by atoms with Crippen molar-refractivity contribution in [2.45, 2.75) is 19.9 Å². The monoisotopic (exact) mass is 330 g/mol. The van der Waals surface area contributed by atoms with Crippen LogP contribution in [0.1, 0.15) is 21.7 Å². The van der Waals surface area contributed by atoms with Gasteiger partial charge in [0.2, 0.25) is 0 Å². The Bertz CT molecular complexity index is 769. The van der Waals surface area contributed by atoms with Crippen LogP contribution in [0.25, 0.3) is 5.69 Å². The molecule has 2 aromatic rings. The molecule has 0 aliphatic carbocycles. The predicted octanol–water partition coefficient (Wildman–Crippen LogP) is 0.810. The summed E-state index contributed by atoms with van der Waals surface area (Å²) in [7, 11) is 0. The standard InChI is InChI=1S/C16H18N4O4/c1-10-3-5-12(6-4-10)20-11(2)14(17-18-20)15(21)19-7-8-24-9-13(19)16(22)23/h3-6,13H,7-9H2,1-2H3,(H,22,23). The Kier molecular flexibility index (Phi) is 4.30. The Labute approximate surface area is 138 Å². The maximum atomic E-state index is 12.7. The summed E-state index contributed by atoms with van der Waals surface area (Å²) in [5.41, 5.74) is 2.63. The van der Waals surface area contributed by atoms with Crippen molar-refractivity contribution in [3.63, 3.8) is 0 Å². The summed E-state index contributed by atoms with van der Waals surface area (Å²) >= 11 is 0. The lowest BCUT2D eigenvalue weighted by Crippen LogP contribution is -2.52. The van der Waals surface area contributed by atoms with Crippen molar-refractivity contribution >= 4 is 11.9 Å². The highest BCUT2D eigenvalue weighted by atomic mass is 16.5. The summed E-state index contributed by atoms with van der Waals surface area (Å²) in [6, 6.07) is 6.66. The van der Waals surface area contributed by atoms with Crippen molar-refractivity contribution in [3.05, 3.63) is 41.2 Å². The number of carboxylic acids is 1.